The van der Waals surface area contributed by atoms with E-state index in [0.29, 0.717) is 12.6 Å². The molecular weight excluding hydrogens is 198 g/mol. The molecule has 1 aromatic heterocycles. The molecule has 2 N–H and O–H groups in total. The molecule has 0 bridgehead atoms. The van der Waals surface area contributed by atoms with Crippen LogP contribution in [0.4, 0.5) is 0 Å². The molecular formula is C9H17N3OS. The molecule has 0 spiro atoms. The monoisotopic (exact) mass is 215 g/mol. The van der Waals surface area contributed by atoms with Crippen molar-refractivity contribution < 1.29 is 4.21 Å². The third kappa shape index (κ3) is 2.92. The minimum absolute atomic E-state index is 0.319. The molecule has 0 aliphatic rings. The third-order valence-electron chi connectivity index (χ3n) is 2.25. The van der Waals surface area contributed by atoms with Crippen LogP contribution >= 0.6 is 0 Å². The van der Waals surface area contributed by atoms with Crippen LogP contribution in [0.3, 0.4) is 0 Å². The zero-order valence-corrected chi connectivity index (χ0v) is 9.46. The summed E-state index contributed by atoms with van der Waals surface area (Å²) in [6.07, 6.45) is 6.18. The molecule has 5 heteroatoms. The lowest BCUT2D eigenvalue weighted by atomic mass is 10.2. The fourth-order valence-corrected chi connectivity index (χ4v) is 2.04. The summed E-state index contributed by atoms with van der Waals surface area (Å²) >= 11 is 0. The van der Waals surface area contributed by atoms with Gasteiger partial charge in [0.25, 0.3) is 0 Å². The van der Waals surface area contributed by atoms with Gasteiger partial charge in [-0.05, 0) is 13.3 Å². The van der Waals surface area contributed by atoms with Crippen LogP contribution in [0, 0.1) is 0 Å². The number of nitrogens with zero attached hydrogens (tertiary/aromatic N) is 2. The zero-order chi connectivity index (χ0) is 10.6. The molecule has 4 nitrogen and oxygen atoms in total. The van der Waals surface area contributed by atoms with Gasteiger partial charge in [0.1, 0.15) is 0 Å². The summed E-state index contributed by atoms with van der Waals surface area (Å²) in [6.45, 7) is 2.59. The van der Waals surface area contributed by atoms with Crippen LogP contribution in [0.25, 0.3) is 0 Å². The van der Waals surface area contributed by atoms with Crippen molar-refractivity contribution in [1.82, 2.24) is 9.55 Å². The molecule has 0 aliphatic heterocycles. The molecule has 0 saturated heterocycles. The molecule has 0 aliphatic carbocycles. The topological polar surface area (TPSA) is 60.9 Å². The summed E-state index contributed by atoms with van der Waals surface area (Å²) in [5.74, 6) is 0.726. The van der Waals surface area contributed by atoms with Gasteiger partial charge in [-0.2, -0.15) is 0 Å². The Morgan fingerprint density at radius 3 is 3.00 bits per heavy atom. The maximum absolute atomic E-state index is 10.9. The van der Waals surface area contributed by atoms with Crippen LogP contribution in [0.2, 0.25) is 0 Å². The largest absolute Gasteiger partial charge is 0.331 e. The molecule has 1 aromatic rings. The summed E-state index contributed by atoms with van der Waals surface area (Å²) in [7, 11) is -0.721. The predicted octanol–water partition coefficient (Wildman–Crippen LogP) is 0.671. The van der Waals surface area contributed by atoms with E-state index in [1.54, 1.807) is 18.8 Å². The molecule has 14 heavy (non-hydrogen) atoms. The molecule has 0 radical (unpaired) electrons. The molecule has 0 amide bonds. The Balaban J connectivity index is 2.59. The van der Waals surface area contributed by atoms with Crippen LogP contribution in [0.5, 0.6) is 0 Å². The van der Waals surface area contributed by atoms with Gasteiger partial charge < -0.3 is 10.3 Å². The normalized spacial score (nSPS) is 15.4. The number of nitrogens with two attached hydrogens (primary N) is 1. The molecule has 0 saturated carbocycles. The highest BCUT2D eigenvalue weighted by Crippen LogP contribution is 2.13. The number of hydrogen-bond donors (Lipinski definition) is 1. The Bertz CT molecular complexity index is 311. The zero-order valence-electron chi connectivity index (χ0n) is 8.64. The lowest BCUT2D eigenvalue weighted by molar-refractivity contribution is 0.513. The van der Waals surface area contributed by atoms with Crippen LogP contribution in [-0.2, 0) is 17.3 Å². The third-order valence-corrected chi connectivity index (χ3v) is 3.06. The smallest absolute Gasteiger partial charge is 0.0951 e. The molecule has 0 aromatic carbocycles. The first-order chi connectivity index (χ1) is 6.65. The Labute approximate surface area is 87.0 Å². The Hall–Kier alpha value is -0.680. The first-order valence-electron chi connectivity index (χ1n) is 4.66. The fourth-order valence-electron chi connectivity index (χ4n) is 1.36. The van der Waals surface area contributed by atoms with Gasteiger partial charge in [0, 0.05) is 41.6 Å². The molecule has 0 fully saturated rings. The average molecular weight is 215 g/mol. The fraction of sp³-hybridized carbons (Fsp3) is 0.667. The summed E-state index contributed by atoms with van der Waals surface area (Å²) in [4.78, 5) is 4.05. The van der Waals surface area contributed by atoms with Crippen molar-refractivity contribution in [3.05, 3.63) is 18.2 Å². The number of hydrogen-bond acceptors (Lipinski definition) is 3. The van der Waals surface area contributed by atoms with Crippen molar-refractivity contribution in [2.45, 2.75) is 25.9 Å². The van der Waals surface area contributed by atoms with E-state index in [-0.39, 0.29) is 0 Å². The van der Waals surface area contributed by atoms with Crippen molar-refractivity contribution in [3.63, 3.8) is 0 Å². The molecule has 2 atom stereocenters. The second kappa shape index (κ2) is 5.26. The van der Waals surface area contributed by atoms with Crippen molar-refractivity contribution in [2.75, 3.05) is 12.0 Å². The Kier molecular flexibility index (Phi) is 4.28. The van der Waals surface area contributed by atoms with Gasteiger partial charge in [0.05, 0.1) is 12.0 Å². The summed E-state index contributed by atoms with van der Waals surface area (Å²) in [6, 6.07) is 0.319. The summed E-state index contributed by atoms with van der Waals surface area (Å²) in [5.41, 5.74) is 6.60. The summed E-state index contributed by atoms with van der Waals surface area (Å²) in [5, 5.41) is 0. The molecule has 80 valence electrons. The minimum Gasteiger partial charge on any atom is -0.331 e. The first kappa shape index (κ1) is 11.4. The standard InChI is InChI=1S/C9H17N3OS/c1-8(3-4-14(2)13)12-7-11-6-9(12)5-10/h6-8H,3-5,10H2,1-2H3. The van der Waals surface area contributed by atoms with Crippen LogP contribution in [-0.4, -0.2) is 25.8 Å². The predicted molar refractivity (Wildman–Crippen MR) is 58.4 cm³/mol. The van der Waals surface area contributed by atoms with Crippen LogP contribution in [0.1, 0.15) is 25.1 Å². The molecule has 1 rings (SSSR count). The van der Waals surface area contributed by atoms with Crippen LogP contribution in [0.15, 0.2) is 12.5 Å². The maximum atomic E-state index is 10.9. The Morgan fingerprint density at radius 1 is 1.71 bits per heavy atom. The minimum atomic E-state index is -0.721. The van der Waals surface area contributed by atoms with Crippen molar-refractivity contribution >= 4 is 10.8 Å². The van der Waals surface area contributed by atoms with Crippen molar-refractivity contribution in [3.8, 4) is 0 Å². The lowest BCUT2D eigenvalue weighted by Gasteiger charge is -2.14. The van der Waals surface area contributed by atoms with Crippen LogP contribution < -0.4 is 5.73 Å². The van der Waals surface area contributed by atoms with Crippen molar-refractivity contribution in [1.29, 1.82) is 0 Å². The molecule has 2 unspecified atom stereocenters. The Morgan fingerprint density at radius 2 is 2.43 bits per heavy atom. The van der Waals surface area contributed by atoms with Gasteiger partial charge in [0.15, 0.2) is 0 Å². The van der Waals surface area contributed by atoms with E-state index in [1.165, 1.54) is 0 Å². The number of imidazole rings is 1. The van der Waals surface area contributed by atoms with Gasteiger partial charge >= 0.3 is 0 Å². The van der Waals surface area contributed by atoms with E-state index in [0.717, 1.165) is 17.9 Å². The van der Waals surface area contributed by atoms with Crippen molar-refractivity contribution in [2.24, 2.45) is 5.73 Å². The van der Waals surface area contributed by atoms with E-state index >= 15 is 0 Å². The second-order valence-corrected chi connectivity index (χ2v) is 4.97. The highest BCUT2D eigenvalue weighted by Gasteiger charge is 2.08. The van der Waals surface area contributed by atoms with E-state index in [9.17, 15) is 4.21 Å². The van der Waals surface area contributed by atoms with E-state index < -0.39 is 10.8 Å². The highest BCUT2D eigenvalue weighted by molar-refractivity contribution is 7.84. The second-order valence-electron chi connectivity index (χ2n) is 3.41. The SMILES string of the molecule is CC(CCS(C)=O)n1cncc1CN. The van der Waals surface area contributed by atoms with Gasteiger partial charge in [-0.3, -0.25) is 4.21 Å². The number of rotatable bonds is 5. The van der Waals surface area contributed by atoms with Gasteiger partial charge in [-0.25, -0.2) is 4.98 Å². The lowest BCUT2D eigenvalue weighted by Crippen LogP contribution is -2.13. The van der Waals surface area contributed by atoms with Gasteiger partial charge in [-0.15, -0.1) is 0 Å². The quantitative estimate of drug-likeness (QED) is 0.785. The first-order valence-corrected chi connectivity index (χ1v) is 6.38. The summed E-state index contributed by atoms with van der Waals surface area (Å²) < 4.78 is 13.0. The van der Waals surface area contributed by atoms with Gasteiger partial charge in [-0.1, -0.05) is 0 Å². The van der Waals surface area contributed by atoms with E-state index in [4.69, 9.17) is 5.73 Å². The highest BCUT2D eigenvalue weighted by atomic mass is 32.2. The number of aromatic nitrogens is 2. The molecule has 1 heterocycles. The maximum Gasteiger partial charge on any atom is 0.0951 e. The van der Waals surface area contributed by atoms with Gasteiger partial charge in [0.2, 0.25) is 0 Å². The van der Waals surface area contributed by atoms with E-state index in [1.807, 2.05) is 4.57 Å². The van der Waals surface area contributed by atoms with E-state index in [2.05, 4.69) is 11.9 Å². The average Bonchev–Trinajstić information content (AvgIpc) is 2.61.